The number of aliphatic hydroxyl groups excluding tert-OH is 1. The van der Waals surface area contributed by atoms with Crippen LogP contribution in [0.5, 0.6) is 0 Å². The van der Waals surface area contributed by atoms with Crippen LogP contribution in [0.15, 0.2) is 18.6 Å². The highest BCUT2D eigenvalue weighted by Crippen LogP contribution is 2.36. The van der Waals surface area contributed by atoms with E-state index in [2.05, 4.69) is 50.7 Å². The number of hydrogen-bond donors (Lipinski definition) is 4. The maximum atomic E-state index is 10.1. The zero-order chi connectivity index (χ0) is 18.6. The number of aliphatic hydroxyl groups is 1. The molecule has 0 aromatic carbocycles. The predicted molar refractivity (Wildman–Crippen MR) is 101 cm³/mol. The standard InChI is InChI=1S/C18H25N7O.H2/c1-18(2)7-14(3-4-15(18)26)24-16-13(8-19)11-21-17(25-16)20-6-5-12-9-22-23-10-12;/h9-11,14-15,26H,3-7H2,1-2H3,(H,22,23)(H2,20,21,24,25);1H/t14-,15+;/m1./s1. The zero-order valence-electron chi connectivity index (χ0n) is 15.2. The first kappa shape index (κ1) is 18.1. The van der Waals surface area contributed by atoms with Crippen molar-refractivity contribution in [1.29, 1.82) is 5.26 Å². The topological polar surface area (TPSA) is 123 Å². The van der Waals surface area contributed by atoms with Crippen LogP contribution in [0, 0.1) is 16.7 Å². The molecule has 2 heterocycles. The fourth-order valence-corrected chi connectivity index (χ4v) is 3.33. The highest BCUT2D eigenvalue weighted by atomic mass is 16.3. The summed E-state index contributed by atoms with van der Waals surface area (Å²) in [5.74, 6) is 1.04. The number of aromatic amines is 1. The van der Waals surface area contributed by atoms with E-state index < -0.39 is 0 Å². The maximum Gasteiger partial charge on any atom is 0.224 e. The van der Waals surface area contributed by atoms with Crippen LogP contribution in [-0.2, 0) is 6.42 Å². The lowest BCUT2D eigenvalue weighted by Gasteiger charge is -2.40. The Labute approximate surface area is 154 Å². The van der Waals surface area contributed by atoms with E-state index >= 15 is 0 Å². The van der Waals surface area contributed by atoms with Crippen LogP contribution in [0.25, 0.3) is 0 Å². The molecule has 3 rings (SSSR count). The first-order valence-corrected chi connectivity index (χ1v) is 8.91. The Balaban J connectivity index is 0.00000261. The van der Waals surface area contributed by atoms with Crippen molar-refractivity contribution in [2.24, 2.45) is 5.41 Å². The Morgan fingerprint density at radius 2 is 2.27 bits per heavy atom. The van der Waals surface area contributed by atoms with Crippen LogP contribution in [0.4, 0.5) is 11.8 Å². The number of hydrogen-bond acceptors (Lipinski definition) is 7. The van der Waals surface area contributed by atoms with Gasteiger partial charge in [0.2, 0.25) is 5.95 Å². The van der Waals surface area contributed by atoms with Crippen molar-refractivity contribution in [3.05, 3.63) is 29.7 Å². The molecule has 0 aliphatic heterocycles. The minimum Gasteiger partial charge on any atom is -0.393 e. The van der Waals surface area contributed by atoms with Gasteiger partial charge in [0.1, 0.15) is 17.5 Å². The van der Waals surface area contributed by atoms with Gasteiger partial charge in [-0.05, 0) is 36.7 Å². The van der Waals surface area contributed by atoms with Gasteiger partial charge < -0.3 is 15.7 Å². The Bertz CT molecular complexity index is 773. The number of H-pyrrole nitrogens is 1. The van der Waals surface area contributed by atoms with Crippen LogP contribution in [0.2, 0.25) is 0 Å². The monoisotopic (exact) mass is 357 g/mol. The van der Waals surface area contributed by atoms with E-state index in [0.29, 0.717) is 23.9 Å². The maximum absolute atomic E-state index is 10.1. The fraction of sp³-hybridized carbons (Fsp3) is 0.556. The fourth-order valence-electron chi connectivity index (χ4n) is 3.33. The third kappa shape index (κ3) is 4.29. The molecule has 2 atom stereocenters. The lowest BCUT2D eigenvalue weighted by atomic mass is 9.73. The summed E-state index contributed by atoms with van der Waals surface area (Å²) in [6, 6.07) is 2.32. The van der Waals surface area contributed by atoms with Crippen molar-refractivity contribution < 1.29 is 6.53 Å². The summed E-state index contributed by atoms with van der Waals surface area (Å²) in [4.78, 5) is 8.70. The molecular formula is C18H27N7O. The molecule has 8 nitrogen and oxygen atoms in total. The first-order valence-electron chi connectivity index (χ1n) is 8.91. The second-order valence-corrected chi connectivity index (χ2v) is 7.48. The van der Waals surface area contributed by atoms with Crippen molar-refractivity contribution in [2.75, 3.05) is 17.2 Å². The van der Waals surface area contributed by atoms with Crippen LogP contribution < -0.4 is 10.6 Å². The van der Waals surface area contributed by atoms with Gasteiger partial charge >= 0.3 is 0 Å². The van der Waals surface area contributed by atoms with Gasteiger partial charge in [-0.25, -0.2) is 4.98 Å². The first-order chi connectivity index (χ1) is 12.5. The largest absolute Gasteiger partial charge is 0.393 e. The van der Waals surface area contributed by atoms with Gasteiger partial charge in [-0.2, -0.15) is 15.3 Å². The summed E-state index contributed by atoms with van der Waals surface area (Å²) in [5, 5.41) is 32.7. The molecule has 2 aromatic rings. The number of nitriles is 1. The number of anilines is 2. The van der Waals surface area contributed by atoms with Gasteiger partial charge in [0.25, 0.3) is 0 Å². The van der Waals surface area contributed by atoms with Crippen molar-refractivity contribution in [1.82, 2.24) is 20.2 Å². The zero-order valence-corrected chi connectivity index (χ0v) is 15.2. The third-order valence-electron chi connectivity index (χ3n) is 4.96. The lowest BCUT2D eigenvalue weighted by Crippen LogP contribution is -2.41. The normalized spacial score (nSPS) is 21.8. The minimum atomic E-state index is -0.290. The average molecular weight is 357 g/mol. The van der Waals surface area contributed by atoms with Gasteiger partial charge in [0.05, 0.1) is 18.5 Å². The predicted octanol–water partition coefficient (Wildman–Crippen LogP) is 2.32. The number of aromatic nitrogens is 4. The second kappa shape index (κ2) is 7.70. The minimum absolute atomic E-state index is 0. The molecule has 140 valence electrons. The number of nitrogens with zero attached hydrogens (tertiary/aromatic N) is 4. The average Bonchev–Trinajstić information content (AvgIpc) is 3.12. The second-order valence-electron chi connectivity index (χ2n) is 7.48. The van der Waals surface area contributed by atoms with Crippen LogP contribution >= 0.6 is 0 Å². The molecule has 0 spiro atoms. The van der Waals surface area contributed by atoms with Gasteiger partial charge in [0.15, 0.2) is 0 Å². The molecule has 0 radical (unpaired) electrons. The summed E-state index contributed by atoms with van der Waals surface area (Å²) in [6.45, 7) is 4.81. The van der Waals surface area contributed by atoms with Gasteiger partial charge in [-0.3, -0.25) is 5.10 Å². The van der Waals surface area contributed by atoms with E-state index in [0.717, 1.165) is 31.2 Å². The van der Waals surface area contributed by atoms with Gasteiger partial charge in [-0.1, -0.05) is 13.8 Å². The van der Waals surface area contributed by atoms with Crippen molar-refractivity contribution in [2.45, 2.75) is 51.7 Å². The number of rotatable bonds is 6. The molecule has 1 fully saturated rings. The van der Waals surface area contributed by atoms with E-state index in [9.17, 15) is 10.4 Å². The van der Waals surface area contributed by atoms with Gasteiger partial charge in [0, 0.05) is 20.2 Å². The molecule has 1 aliphatic carbocycles. The Morgan fingerprint density at radius 1 is 1.42 bits per heavy atom. The number of nitrogens with one attached hydrogen (secondary N) is 3. The molecule has 4 N–H and O–H groups in total. The van der Waals surface area contributed by atoms with Crippen molar-refractivity contribution in [3.8, 4) is 6.07 Å². The Kier molecular flexibility index (Phi) is 5.38. The van der Waals surface area contributed by atoms with Gasteiger partial charge in [-0.15, -0.1) is 0 Å². The smallest absolute Gasteiger partial charge is 0.224 e. The summed E-state index contributed by atoms with van der Waals surface area (Å²) in [5.41, 5.74) is 1.38. The van der Waals surface area contributed by atoms with E-state index in [1.165, 1.54) is 0 Å². The van der Waals surface area contributed by atoms with E-state index in [-0.39, 0.29) is 19.0 Å². The molecule has 1 saturated carbocycles. The lowest BCUT2D eigenvalue weighted by molar-refractivity contribution is 0.00926. The molecular weight excluding hydrogens is 330 g/mol. The summed E-state index contributed by atoms with van der Waals surface area (Å²) in [6.07, 6.45) is 8.11. The van der Waals surface area contributed by atoms with E-state index in [4.69, 9.17) is 0 Å². The van der Waals surface area contributed by atoms with Crippen molar-refractivity contribution in [3.63, 3.8) is 0 Å². The Morgan fingerprint density at radius 3 is 2.96 bits per heavy atom. The van der Waals surface area contributed by atoms with Crippen LogP contribution in [0.3, 0.4) is 0 Å². The molecule has 0 saturated heterocycles. The van der Waals surface area contributed by atoms with Crippen LogP contribution in [0.1, 0.15) is 45.7 Å². The molecule has 2 aromatic heterocycles. The summed E-state index contributed by atoms with van der Waals surface area (Å²) >= 11 is 0. The van der Waals surface area contributed by atoms with Crippen molar-refractivity contribution >= 4 is 11.8 Å². The quantitative estimate of drug-likeness (QED) is 0.625. The Hall–Kier alpha value is -2.66. The molecule has 26 heavy (non-hydrogen) atoms. The van der Waals surface area contributed by atoms with Crippen LogP contribution in [-0.4, -0.2) is 44.0 Å². The molecule has 0 bridgehead atoms. The molecule has 0 unspecified atom stereocenters. The summed E-state index contributed by atoms with van der Waals surface area (Å²) in [7, 11) is 0. The highest BCUT2D eigenvalue weighted by molar-refractivity contribution is 5.54. The summed E-state index contributed by atoms with van der Waals surface area (Å²) < 4.78 is 0. The van der Waals surface area contributed by atoms with E-state index in [1.54, 1.807) is 12.4 Å². The van der Waals surface area contributed by atoms with E-state index in [1.807, 2.05) is 6.20 Å². The molecule has 8 heteroatoms. The molecule has 1 aliphatic rings. The third-order valence-corrected chi connectivity index (χ3v) is 4.96. The highest BCUT2D eigenvalue weighted by Gasteiger charge is 2.35. The SMILES string of the molecule is CC1(C)C[C@H](Nc2nc(NCCc3cn[nH]c3)ncc2C#N)CC[C@@H]1O.[HH]. The molecule has 0 amide bonds.